The number of carbonyl (C=O) groups excluding carboxylic acids is 2. The maximum atomic E-state index is 12.4. The lowest BCUT2D eigenvalue weighted by Gasteiger charge is -2.26. The number of carbonyl (C=O) groups is 2. The Kier molecular flexibility index (Phi) is 3.50. The maximum absolute atomic E-state index is 12.4. The van der Waals surface area contributed by atoms with Gasteiger partial charge in [-0.2, -0.15) is 4.98 Å². The first-order chi connectivity index (χ1) is 10.6. The molecule has 114 valence electrons. The first-order valence-electron chi connectivity index (χ1n) is 6.60. The Hall–Kier alpha value is -2.90. The van der Waals surface area contributed by atoms with Gasteiger partial charge >= 0.3 is 0 Å². The van der Waals surface area contributed by atoms with E-state index in [-0.39, 0.29) is 25.0 Å². The monoisotopic (exact) mass is 302 g/mol. The first kappa shape index (κ1) is 14.1. The summed E-state index contributed by atoms with van der Waals surface area (Å²) >= 11 is 0. The highest BCUT2D eigenvalue weighted by molar-refractivity contribution is 6.00. The molecule has 8 nitrogen and oxygen atoms in total. The third-order valence-electron chi connectivity index (χ3n) is 3.42. The molecule has 0 saturated heterocycles. The Morgan fingerprint density at radius 2 is 2.27 bits per heavy atom. The van der Waals surface area contributed by atoms with Crippen molar-refractivity contribution in [1.29, 1.82) is 0 Å². The van der Waals surface area contributed by atoms with E-state index in [0.29, 0.717) is 22.8 Å². The van der Waals surface area contributed by atoms with Gasteiger partial charge < -0.3 is 19.1 Å². The molecule has 2 amide bonds. The number of anilines is 1. The lowest BCUT2D eigenvalue weighted by molar-refractivity contribution is -0.120. The van der Waals surface area contributed by atoms with E-state index in [9.17, 15) is 9.59 Å². The molecule has 0 spiro atoms. The van der Waals surface area contributed by atoms with Crippen molar-refractivity contribution in [2.75, 3.05) is 25.6 Å². The van der Waals surface area contributed by atoms with Gasteiger partial charge in [-0.1, -0.05) is 5.16 Å². The van der Waals surface area contributed by atoms with E-state index in [4.69, 9.17) is 4.74 Å². The highest BCUT2D eigenvalue weighted by atomic mass is 16.5. The summed E-state index contributed by atoms with van der Waals surface area (Å²) in [7, 11) is 3.30. The van der Waals surface area contributed by atoms with E-state index in [1.54, 1.807) is 32.3 Å². The Labute approximate surface area is 126 Å². The number of rotatable bonds is 3. The van der Waals surface area contributed by atoms with Crippen LogP contribution >= 0.6 is 0 Å². The van der Waals surface area contributed by atoms with Gasteiger partial charge in [-0.25, -0.2) is 0 Å². The van der Waals surface area contributed by atoms with Crippen LogP contribution in [0.15, 0.2) is 29.1 Å². The molecule has 0 radical (unpaired) electrons. The highest BCUT2D eigenvalue weighted by Gasteiger charge is 2.24. The zero-order valence-electron chi connectivity index (χ0n) is 12.1. The molecule has 1 aromatic carbocycles. The molecule has 0 aliphatic carbocycles. The number of fused-ring (bicyclic) bond motifs is 1. The lowest BCUT2D eigenvalue weighted by atomic mass is 10.1. The third-order valence-corrected chi connectivity index (χ3v) is 3.42. The van der Waals surface area contributed by atoms with Crippen LogP contribution in [0.1, 0.15) is 16.2 Å². The Morgan fingerprint density at radius 3 is 3.00 bits per heavy atom. The van der Waals surface area contributed by atoms with Gasteiger partial charge in [-0.05, 0) is 18.2 Å². The minimum absolute atomic E-state index is 0.00846. The number of amides is 2. The van der Waals surface area contributed by atoms with Crippen molar-refractivity contribution in [1.82, 2.24) is 15.0 Å². The lowest BCUT2D eigenvalue weighted by Crippen LogP contribution is -2.35. The SMILES string of the molecule is CN(Cc1ncon1)C(=O)c1ccc2c(c1)N(C)C(=O)CO2. The van der Waals surface area contributed by atoms with E-state index in [1.165, 1.54) is 16.2 Å². The van der Waals surface area contributed by atoms with E-state index in [0.717, 1.165) is 0 Å². The van der Waals surface area contributed by atoms with Gasteiger partial charge in [-0.3, -0.25) is 9.59 Å². The van der Waals surface area contributed by atoms with E-state index < -0.39 is 0 Å². The molecule has 0 bridgehead atoms. The van der Waals surface area contributed by atoms with Crippen LogP contribution in [0.5, 0.6) is 5.75 Å². The maximum Gasteiger partial charge on any atom is 0.264 e. The first-order valence-corrected chi connectivity index (χ1v) is 6.60. The summed E-state index contributed by atoms with van der Waals surface area (Å²) in [6, 6.07) is 4.99. The van der Waals surface area contributed by atoms with Gasteiger partial charge in [0, 0.05) is 19.7 Å². The molecule has 8 heteroatoms. The van der Waals surface area contributed by atoms with Crippen LogP contribution in [0, 0.1) is 0 Å². The standard InChI is InChI=1S/C14H14N4O4/c1-17(6-12-15-8-22-16-12)14(20)9-3-4-11-10(5-9)18(2)13(19)7-21-11/h3-5,8H,6-7H2,1-2H3. The van der Waals surface area contributed by atoms with Crippen LogP contribution in [0.25, 0.3) is 0 Å². The summed E-state index contributed by atoms with van der Waals surface area (Å²) in [5.41, 5.74) is 1.03. The van der Waals surface area contributed by atoms with Gasteiger partial charge in [0.2, 0.25) is 6.39 Å². The minimum atomic E-state index is -0.209. The molecule has 0 fully saturated rings. The van der Waals surface area contributed by atoms with Gasteiger partial charge in [0.1, 0.15) is 5.75 Å². The summed E-state index contributed by atoms with van der Waals surface area (Å²) in [6.45, 7) is 0.242. The Bertz CT molecular complexity index is 714. The molecule has 0 N–H and O–H groups in total. The van der Waals surface area contributed by atoms with Gasteiger partial charge in [0.05, 0.1) is 12.2 Å². The fourth-order valence-corrected chi connectivity index (χ4v) is 2.17. The zero-order valence-corrected chi connectivity index (χ0v) is 12.1. The second-order valence-electron chi connectivity index (χ2n) is 4.93. The molecular formula is C14H14N4O4. The molecule has 0 saturated carbocycles. The summed E-state index contributed by atoms with van der Waals surface area (Å²) < 4.78 is 9.98. The molecule has 0 atom stereocenters. The van der Waals surface area contributed by atoms with Crippen LogP contribution in [0.3, 0.4) is 0 Å². The van der Waals surface area contributed by atoms with Crippen molar-refractivity contribution >= 4 is 17.5 Å². The highest BCUT2D eigenvalue weighted by Crippen LogP contribution is 2.32. The summed E-state index contributed by atoms with van der Waals surface area (Å²) in [5.74, 6) is 0.639. The van der Waals surface area contributed by atoms with Gasteiger partial charge in [0.15, 0.2) is 12.4 Å². The van der Waals surface area contributed by atoms with E-state index in [2.05, 4.69) is 14.7 Å². The number of aromatic nitrogens is 2. The molecular weight excluding hydrogens is 288 g/mol. The van der Waals surface area contributed by atoms with Crippen LogP contribution in [0.2, 0.25) is 0 Å². The summed E-state index contributed by atoms with van der Waals surface area (Å²) in [4.78, 5) is 30.9. The largest absolute Gasteiger partial charge is 0.482 e. The van der Waals surface area contributed by atoms with Crippen molar-refractivity contribution in [3.05, 3.63) is 36.0 Å². The molecule has 2 heterocycles. The normalized spacial score (nSPS) is 13.5. The molecule has 2 aromatic rings. The van der Waals surface area contributed by atoms with Crippen LogP contribution in [-0.4, -0.2) is 47.6 Å². The van der Waals surface area contributed by atoms with Crippen molar-refractivity contribution in [2.24, 2.45) is 0 Å². The van der Waals surface area contributed by atoms with Crippen molar-refractivity contribution < 1.29 is 18.8 Å². The number of benzene rings is 1. The van der Waals surface area contributed by atoms with Crippen LogP contribution < -0.4 is 9.64 Å². The van der Waals surface area contributed by atoms with Crippen molar-refractivity contribution in [3.63, 3.8) is 0 Å². The predicted molar refractivity (Wildman–Crippen MR) is 75.4 cm³/mol. The minimum Gasteiger partial charge on any atom is -0.482 e. The number of ether oxygens (including phenoxy) is 1. The third kappa shape index (κ3) is 2.50. The van der Waals surface area contributed by atoms with Crippen molar-refractivity contribution in [3.8, 4) is 5.75 Å². The fraction of sp³-hybridized carbons (Fsp3) is 0.286. The van der Waals surface area contributed by atoms with E-state index in [1.807, 2.05) is 0 Å². The smallest absolute Gasteiger partial charge is 0.264 e. The van der Waals surface area contributed by atoms with Gasteiger partial charge in [0.25, 0.3) is 11.8 Å². The van der Waals surface area contributed by atoms with E-state index >= 15 is 0 Å². The molecule has 0 unspecified atom stereocenters. The molecule has 22 heavy (non-hydrogen) atoms. The zero-order chi connectivity index (χ0) is 15.7. The van der Waals surface area contributed by atoms with Crippen LogP contribution in [-0.2, 0) is 11.3 Å². The molecule has 1 aliphatic rings. The number of nitrogens with zero attached hydrogens (tertiary/aromatic N) is 4. The summed E-state index contributed by atoms with van der Waals surface area (Å²) in [5, 5.41) is 3.67. The summed E-state index contributed by atoms with van der Waals surface area (Å²) in [6.07, 6.45) is 1.21. The predicted octanol–water partition coefficient (Wildman–Crippen LogP) is 0.697. The number of likely N-dealkylation sites (N-methyl/N-ethyl adjacent to an activating group) is 1. The average molecular weight is 302 g/mol. The molecule has 3 rings (SSSR count). The Morgan fingerprint density at radius 1 is 1.45 bits per heavy atom. The fourth-order valence-electron chi connectivity index (χ4n) is 2.17. The number of hydrogen-bond acceptors (Lipinski definition) is 6. The number of hydrogen-bond donors (Lipinski definition) is 0. The quantitative estimate of drug-likeness (QED) is 0.829. The topological polar surface area (TPSA) is 88.8 Å². The average Bonchev–Trinajstić information content (AvgIpc) is 3.03. The molecule has 1 aliphatic heterocycles. The van der Waals surface area contributed by atoms with Crippen molar-refractivity contribution in [2.45, 2.75) is 6.54 Å². The Balaban J connectivity index is 1.82. The second-order valence-corrected chi connectivity index (χ2v) is 4.93. The van der Waals surface area contributed by atoms with Gasteiger partial charge in [-0.15, -0.1) is 0 Å². The second kappa shape index (κ2) is 5.47. The molecule has 1 aromatic heterocycles. The van der Waals surface area contributed by atoms with Crippen LogP contribution in [0.4, 0.5) is 5.69 Å².